The molecule has 1 rings (SSSR count). The summed E-state index contributed by atoms with van der Waals surface area (Å²) in [6.45, 7) is 1.67. The van der Waals surface area contributed by atoms with Crippen LogP contribution in [0.4, 0.5) is 0 Å². The molecule has 1 aliphatic rings. The highest BCUT2D eigenvalue weighted by atomic mass is 16.1. The minimum atomic E-state index is 0.235. The standard InChI is InChI=1S/C8H12O/c1-7(9)8-5-3-2-4-6-8/h3,5,8H,2,4,6H2,1H3/t8-/m1/s1. The first-order chi connectivity index (χ1) is 4.30. The van der Waals surface area contributed by atoms with E-state index in [0.29, 0.717) is 5.78 Å². The first-order valence-corrected chi connectivity index (χ1v) is 3.48. The largest absolute Gasteiger partial charge is 0.299 e. The monoisotopic (exact) mass is 124 g/mol. The number of carbonyl (C=O) groups is 1. The van der Waals surface area contributed by atoms with Crippen LogP contribution in [-0.2, 0) is 4.79 Å². The highest BCUT2D eigenvalue weighted by Crippen LogP contribution is 2.16. The Morgan fingerprint density at radius 2 is 2.44 bits per heavy atom. The zero-order valence-electron chi connectivity index (χ0n) is 5.76. The lowest BCUT2D eigenvalue weighted by Gasteiger charge is -2.11. The van der Waals surface area contributed by atoms with Crippen LogP contribution in [0.25, 0.3) is 0 Å². The van der Waals surface area contributed by atoms with Crippen LogP contribution in [0.3, 0.4) is 0 Å². The summed E-state index contributed by atoms with van der Waals surface area (Å²) in [6, 6.07) is 0. The molecular weight excluding hydrogens is 112 g/mol. The summed E-state index contributed by atoms with van der Waals surface area (Å²) in [6.07, 6.45) is 7.54. The summed E-state index contributed by atoms with van der Waals surface area (Å²) >= 11 is 0. The number of hydrogen-bond acceptors (Lipinski definition) is 1. The van der Waals surface area contributed by atoms with Crippen LogP contribution in [0.15, 0.2) is 12.2 Å². The van der Waals surface area contributed by atoms with Gasteiger partial charge in [0, 0.05) is 5.92 Å². The van der Waals surface area contributed by atoms with Crippen molar-refractivity contribution in [1.82, 2.24) is 0 Å². The van der Waals surface area contributed by atoms with Crippen molar-refractivity contribution in [3.05, 3.63) is 12.2 Å². The van der Waals surface area contributed by atoms with E-state index in [-0.39, 0.29) is 5.92 Å². The zero-order valence-corrected chi connectivity index (χ0v) is 5.76. The molecule has 0 N–H and O–H groups in total. The summed E-state index contributed by atoms with van der Waals surface area (Å²) in [5.41, 5.74) is 0. The summed E-state index contributed by atoms with van der Waals surface area (Å²) in [4.78, 5) is 10.7. The lowest BCUT2D eigenvalue weighted by Crippen LogP contribution is -2.09. The van der Waals surface area contributed by atoms with Crippen molar-refractivity contribution in [3.8, 4) is 0 Å². The van der Waals surface area contributed by atoms with Crippen LogP contribution in [0.2, 0.25) is 0 Å². The number of ketones is 1. The lowest BCUT2D eigenvalue weighted by atomic mass is 9.93. The Bertz CT molecular complexity index is 136. The van der Waals surface area contributed by atoms with Crippen molar-refractivity contribution in [3.63, 3.8) is 0 Å². The Kier molecular flexibility index (Phi) is 2.04. The quantitative estimate of drug-likeness (QED) is 0.488. The van der Waals surface area contributed by atoms with Crippen molar-refractivity contribution < 1.29 is 4.79 Å². The highest BCUT2D eigenvalue weighted by Gasteiger charge is 2.11. The molecule has 1 atom stereocenters. The van der Waals surface area contributed by atoms with Crippen LogP contribution in [-0.4, -0.2) is 5.78 Å². The minimum Gasteiger partial charge on any atom is -0.299 e. The fourth-order valence-electron chi connectivity index (χ4n) is 1.15. The molecule has 9 heavy (non-hydrogen) atoms. The van der Waals surface area contributed by atoms with Gasteiger partial charge in [-0.25, -0.2) is 0 Å². The fraction of sp³-hybridized carbons (Fsp3) is 0.625. The van der Waals surface area contributed by atoms with E-state index in [1.54, 1.807) is 6.92 Å². The maximum absolute atomic E-state index is 10.7. The van der Waals surface area contributed by atoms with E-state index in [1.165, 1.54) is 6.42 Å². The molecule has 0 spiro atoms. The topological polar surface area (TPSA) is 17.1 Å². The second-order valence-electron chi connectivity index (χ2n) is 2.58. The van der Waals surface area contributed by atoms with Crippen molar-refractivity contribution >= 4 is 5.78 Å². The van der Waals surface area contributed by atoms with Crippen LogP contribution in [0.1, 0.15) is 26.2 Å². The Morgan fingerprint density at radius 1 is 1.67 bits per heavy atom. The van der Waals surface area contributed by atoms with Crippen molar-refractivity contribution in [1.29, 1.82) is 0 Å². The van der Waals surface area contributed by atoms with E-state index < -0.39 is 0 Å². The number of allylic oxidation sites excluding steroid dienone is 2. The van der Waals surface area contributed by atoms with Gasteiger partial charge in [-0.2, -0.15) is 0 Å². The van der Waals surface area contributed by atoms with E-state index in [2.05, 4.69) is 6.08 Å². The Labute approximate surface area is 55.8 Å². The van der Waals surface area contributed by atoms with E-state index >= 15 is 0 Å². The zero-order chi connectivity index (χ0) is 6.69. The third-order valence-corrected chi connectivity index (χ3v) is 1.78. The first kappa shape index (κ1) is 6.53. The van der Waals surface area contributed by atoms with E-state index in [4.69, 9.17) is 0 Å². The average molecular weight is 124 g/mol. The molecule has 0 saturated heterocycles. The Hall–Kier alpha value is -0.590. The number of hydrogen-bond donors (Lipinski definition) is 0. The molecule has 0 radical (unpaired) electrons. The van der Waals surface area contributed by atoms with E-state index in [1.807, 2.05) is 6.08 Å². The van der Waals surface area contributed by atoms with E-state index in [9.17, 15) is 4.79 Å². The van der Waals surface area contributed by atoms with Crippen LogP contribution >= 0.6 is 0 Å². The fourth-order valence-corrected chi connectivity index (χ4v) is 1.15. The molecular formula is C8H12O. The van der Waals surface area contributed by atoms with Crippen molar-refractivity contribution in [2.45, 2.75) is 26.2 Å². The number of Topliss-reactive ketones (excluding diaryl/α,β-unsaturated/α-hetero) is 1. The lowest BCUT2D eigenvalue weighted by molar-refractivity contribution is -0.119. The molecule has 0 unspecified atom stereocenters. The SMILES string of the molecule is CC(=O)[C@@H]1C=CCCC1. The second-order valence-corrected chi connectivity index (χ2v) is 2.58. The Morgan fingerprint density at radius 3 is 2.78 bits per heavy atom. The second kappa shape index (κ2) is 2.81. The number of carbonyl (C=O) groups excluding carboxylic acids is 1. The molecule has 0 amide bonds. The van der Waals surface area contributed by atoms with Gasteiger partial charge in [0.15, 0.2) is 0 Å². The van der Waals surface area contributed by atoms with Crippen LogP contribution in [0.5, 0.6) is 0 Å². The summed E-state index contributed by atoms with van der Waals surface area (Å²) < 4.78 is 0. The maximum atomic E-state index is 10.7. The molecule has 1 heteroatoms. The maximum Gasteiger partial charge on any atom is 0.136 e. The third-order valence-electron chi connectivity index (χ3n) is 1.78. The van der Waals surface area contributed by atoms with E-state index in [0.717, 1.165) is 12.8 Å². The molecule has 0 saturated carbocycles. The normalized spacial score (nSPS) is 26.1. The van der Waals surface area contributed by atoms with Crippen molar-refractivity contribution in [2.24, 2.45) is 5.92 Å². The van der Waals surface area contributed by atoms with Gasteiger partial charge >= 0.3 is 0 Å². The summed E-state index contributed by atoms with van der Waals surface area (Å²) in [5.74, 6) is 0.546. The smallest absolute Gasteiger partial charge is 0.136 e. The van der Waals surface area contributed by atoms with Gasteiger partial charge in [0.25, 0.3) is 0 Å². The molecule has 0 aromatic carbocycles. The molecule has 0 aromatic heterocycles. The minimum absolute atomic E-state index is 0.235. The molecule has 0 bridgehead atoms. The van der Waals surface area contributed by atoms with Crippen molar-refractivity contribution in [2.75, 3.05) is 0 Å². The van der Waals surface area contributed by atoms with Gasteiger partial charge in [0.2, 0.25) is 0 Å². The molecule has 50 valence electrons. The number of rotatable bonds is 1. The molecule has 0 heterocycles. The van der Waals surface area contributed by atoms with Gasteiger partial charge in [-0.05, 0) is 26.2 Å². The first-order valence-electron chi connectivity index (χ1n) is 3.48. The third kappa shape index (κ3) is 1.67. The van der Waals surface area contributed by atoms with Crippen LogP contribution < -0.4 is 0 Å². The molecule has 1 nitrogen and oxygen atoms in total. The predicted octanol–water partition coefficient (Wildman–Crippen LogP) is 1.93. The molecule has 0 aliphatic heterocycles. The average Bonchev–Trinajstić information content (AvgIpc) is 1.90. The molecule has 0 fully saturated rings. The van der Waals surface area contributed by atoms with Gasteiger partial charge in [-0.15, -0.1) is 0 Å². The van der Waals surface area contributed by atoms with Gasteiger partial charge < -0.3 is 0 Å². The highest BCUT2D eigenvalue weighted by molar-refractivity contribution is 5.80. The molecule has 0 aromatic rings. The van der Waals surface area contributed by atoms with Gasteiger partial charge in [-0.1, -0.05) is 12.2 Å². The van der Waals surface area contributed by atoms with Gasteiger partial charge in [0.1, 0.15) is 5.78 Å². The van der Waals surface area contributed by atoms with Crippen LogP contribution in [0, 0.1) is 5.92 Å². The summed E-state index contributed by atoms with van der Waals surface area (Å²) in [7, 11) is 0. The summed E-state index contributed by atoms with van der Waals surface area (Å²) in [5, 5.41) is 0. The Balaban J connectivity index is 2.50. The molecule has 1 aliphatic carbocycles. The predicted molar refractivity (Wildman–Crippen MR) is 37.2 cm³/mol. The van der Waals surface area contributed by atoms with Gasteiger partial charge in [-0.3, -0.25) is 4.79 Å². The van der Waals surface area contributed by atoms with Gasteiger partial charge in [0.05, 0.1) is 0 Å².